The Balaban J connectivity index is 1.23. The number of hydrogen-bond acceptors (Lipinski definition) is 4. The van der Waals surface area contributed by atoms with Crippen LogP contribution in [0.5, 0.6) is 5.75 Å². The second-order valence-corrected chi connectivity index (χ2v) is 9.75. The molecule has 2 heterocycles. The molecule has 3 aliphatic rings. The first kappa shape index (κ1) is 20.3. The van der Waals surface area contributed by atoms with Crippen LogP contribution >= 0.6 is 11.6 Å². The molecule has 30 heavy (non-hydrogen) atoms. The van der Waals surface area contributed by atoms with E-state index in [4.69, 9.17) is 16.3 Å². The molecule has 0 amide bonds. The van der Waals surface area contributed by atoms with Crippen molar-refractivity contribution in [1.29, 1.82) is 0 Å². The highest BCUT2D eigenvalue weighted by molar-refractivity contribution is 6.31. The quantitative estimate of drug-likeness (QED) is 0.756. The summed E-state index contributed by atoms with van der Waals surface area (Å²) in [7, 11) is 0. The molecule has 5 rings (SSSR count). The summed E-state index contributed by atoms with van der Waals surface area (Å²) < 4.78 is 6.45. The number of aliphatic hydroxyl groups excluding tert-OH is 2. The van der Waals surface area contributed by atoms with E-state index in [1.165, 1.54) is 24.0 Å². The van der Waals surface area contributed by atoms with Gasteiger partial charge in [0.05, 0.1) is 12.2 Å². The number of aryl methyl sites for hydroxylation is 3. The molecule has 0 bridgehead atoms. The summed E-state index contributed by atoms with van der Waals surface area (Å²) in [5.74, 6) is 0.766. The van der Waals surface area contributed by atoms with Crippen molar-refractivity contribution in [3.05, 3.63) is 63.2 Å². The van der Waals surface area contributed by atoms with Crippen molar-refractivity contribution in [3.63, 3.8) is 0 Å². The van der Waals surface area contributed by atoms with Gasteiger partial charge in [0.15, 0.2) is 0 Å². The van der Waals surface area contributed by atoms with E-state index >= 15 is 0 Å². The number of benzene rings is 2. The lowest BCUT2D eigenvalue weighted by atomic mass is 9.81. The first-order valence-electron chi connectivity index (χ1n) is 11.1. The zero-order valence-electron chi connectivity index (χ0n) is 17.5. The molecular weight excluding hydrogens is 398 g/mol. The summed E-state index contributed by atoms with van der Waals surface area (Å²) in [5.41, 5.74) is 5.31. The number of hydrogen-bond donors (Lipinski definition) is 2. The van der Waals surface area contributed by atoms with Gasteiger partial charge in [-0.15, -0.1) is 0 Å². The van der Waals surface area contributed by atoms with Crippen LogP contribution in [-0.4, -0.2) is 40.3 Å². The maximum atomic E-state index is 10.8. The number of fused-ring (bicyclic) bond motifs is 2. The van der Waals surface area contributed by atoms with Gasteiger partial charge in [-0.1, -0.05) is 29.8 Å². The minimum absolute atomic E-state index is 0.332. The van der Waals surface area contributed by atoms with Crippen molar-refractivity contribution in [2.75, 3.05) is 19.6 Å². The molecule has 0 unspecified atom stereocenters. The summed E-state index contributed by atoms with van der Waals surface area (Å²) in [6.45, 7) is 4.32. The summed E-state index contributed by atoms with van der Waals surface area (Å²) in [5, 5.41) is 22.2. The molecule has 0 aromatic heterocycles. The van der Waals surface area contributed by atoms with Gasteiger partial charge in [0, 0.05) is 36.6 Å². The molecule has 5 heteroatoms. The summed E-state index contributed by atoms with van der Waals surface area (Å²) in [6.07, 6.45) is 4.81. The number of ether oxygens (including phenoxy) is 1. The maximum Gasteiger partial charge on any atom is 0.126 e. The van der Waals surface area contributed by atoms with Crippen LogP contribution in [0.1, 0.15) is 65.7 Å². The van der Waals surface area contributed by atoms with Crippen LogP contribution in [0.4, 0.5) is 0 Å². The largest absolute Gasteiger partial charge is 0.487 e. The fourth-order valence-electron chi connectivity index (χ4n) is 5.35. The maximum absolute atomic E-state index is 10.8. The average molecular weight is 428 g/mol. The van der Waals surface area contributed by atoms with Crippen molar-refractivity contribution in [2.45, 2.75) is 63.3 Å². The number of rotatable bonds is 3. The van der Waals surface area contributed by atoms with Crippen LogP contribution in [-0.2, 0) is 12.8 Å². The van der Waals surface area contributed by atoms with Crippen molar-refractivity contribution in [2.24, 2.45) is 0 Å². The molecule has 2 atom stereocenters. The molecular formula is C25H30ClNO3. The average Bonchev–Trinajstić information content (AvgIpc) is 3.19. The third kappa shape index (κ3) is 3.75. The molecule has 160 valence electrons. The Hall–Kier alpha value is -1.59. The minimum atomic E-state index is -0.546. The van der Waals surface area contributed by atoms with E-state index in [0.29, 0.717) is 18.0 Å². The van der Waals surface area contributed by atoms with Crippen molar-refractivity contribution >= 4 is 11.6 Å². The minimum Gasteiger partial charge on any atom is -0.487 e. The fraction of sp³-hybridized carbons (Fsp3) is 0.520. The van der Waals surface area contributed by atoms with Crippen LogP contribution in [0.25, 0.3) is 0 Å². The van der Waals surface area contributed by atoms with E-state index in [1.807, 2.05) is 19.1 Å². The van der Waals surface area contributed by atoms with Gasteiger partial charge in [0.2, 0.25) is 0 Å². The van der Waals surface area contributed by atoms with Crippen molar-refractivity contribution in [3.8, 4) is 5.75 Å². The Labute approximate surface area is 183 Å². The number of likely N-dealkylation sites (tertiary alicyclic amines) is 1. The Morgan fingerprint density at radius 2 is 1.93 bits per heavy atom. The molecule has 1 fully saturated rings. The van der Waals surface area contributed by atoms with Crippen LogP contribution in [0, 0.1) is 6.92 Å². The molecule has 2 aromatic rings. The van der Waals surface area contributed by atoms with Gasteiger partial charge >= 0.3 is 0 Å². The smallest absolute Gasteiger partial charge is 0.126 e. The fourth-order valence-corrected chi connectivity index (χ4v) is 5.53. The first-order chi connectivity index (χ1) is 14.4. The topological polar surface area (TPSA) is 52.9 Å². The third-order valence-electron chi connectivity index (χ3n) is 7.25. The summed E-state index contributed by atoms with van der Waals surface area (Å²) in [4.78, 5) is 2.32. The predicted molar refractivity (Wildman–Crippen MR) is 118 cm³/mol. The lowest BCUT2D eigenvalue weighted by Gasteiger charge is -2.46. The summed E-state index contributed by atoms with van der Waals surface area (Å²) >= 11 is 6.24. The number of aliphatic hydroxyl groups is 2. The monoisotopic (exact) mass is 427 g/mol. The molecule has 4 nitrogen and oxygen atoms in total. The normalized spacial score (nSPS) is 23.7. The molecule has 1 spiro atoms. The Kier molecular flexibility index (Phi) is 5.30. The van der Waals surface area contributed by atoms with E-state index in [0.717, 1.165) is 54.8 Å². The molecule has 0 radical (unpaired) electrons. The predicted octanol–water partition coefficient (Wildman–Crippen LogP) is 4.52. The molecule has 1 aliphatic carbocycles. The van der Waals surface area contributed by atoms with Crippen LogP contribution in [0.3, 0.4) is 0 Å². The van der Waals surface area contributed by atoms with Gasteiger partial charge in [-0.05, 0) is 73.4 Å². The highest BCUT2D eigenvalue weighted by Gasteiger charge is 2.43. The van der Waals surface area contributed by atoms with E-state index in [-0.39, 0.29) is 5.60 Å². The van der Waals surface area contributed by atoms with Gasteiger partial charge in [0.25, 0.3) is 0 Å². The summed E-state index contributed by atoms with van der Waals surface area (Å²) in [6, 6.07) is 10.3. The van der Waals surface area contributed by atoms with Crippen molar-refractivity contribution < 1.29 is 14.9 Å². The number of nitrogens with zero attached hydrogens (tertiary/aromatic N) is 1. The van der Waals surface area contributed by atoms with Gasteiger partial charge < -0.3 is 19.8 Å². The van der Waals surface area contributed by atoms with E-state index in [2.05, 4.69) is 23.1 Å². The highest BCUT2D eigenvalue weighted by atomic mass is 35.5. The second-order valence-electron chi connectivity index (χ2n) is 9.34. The van der Waals surface area contributed by atoms with Crippen molar-refractivity contribution in [1.82, 2.24) is 4.90 Å². The van der Waals surface area contributed by atoms with Gasteiger partial charge in [0.1, 0.15) is 11.4 Å². The van der Waals surface area contributed by atoms with E-state index < -0.39 is 12.2 Å². The second kappa shape index (κ2) is 7.83. The zero-order chi connectivity index (χ0) is 20.9. The lowest BCUT2D eigenvalue weighted by molar-refractivity contribution is -0.0588. The molecule has 2 aromatic carbocycles. The lowest BCUT2D eigenvalue weighted by Crippen LogP contribution is -2.51. The standard InChI is InChI=1S/C25H30ClNO3/c1-16-11-24-20(13-21(16)26)22(28)14-25(30-24)7-9-27(10-8-25)15-23(29)19-6-5-17-3-2-4-18(17)12-19/h5-6,11-13,22-23,28-29H,2-4,7-10,14-15H2,1H3/t22-,23-/m0/s1. The SMILES string of the molecule is Cc1cc2c(cc1Cl)[C@@H](O)CC1(CCN(C[C@H](O)c3ccc4c(c3)CCC4)CC1)O2. The number of halogens is 1. The number of β-amino-alcohol motifs (C(OH)–C–C–N with tert-alkyl or cyclic N) is 1. The Bertz CT molecular complexity index is 952. The van der Waals surface area contributed by atoms with Gasteiger partial charge in [-0.2, -0.15) is 0 Å². The molecule has 1 saturated heterocycles. The zero-order valence-corrected chi connectivity index (χ0v) is 18.3. The van der Waals surface area contributed by atoms with E-state index in [1.54, 1.807) is 0 Å². The van der Waals surface area contributed by atoms with Crippen LogP contribution in [0.2, 0.25) is 5.02 Å². The third-order valence-corrected chi connectivity index (χ3v) is 7.65. The van der Waals surface area contributed by atoms with Crippen LogP contribution in [0.15, 0.2) is 30.3 Å². The molecule has 2 N–H and O–H groups in total. The van der Waals surface area contributed by atoms with Gasteiger partial charge in [-0.3, -0.25) is 0 Å². The van der Waals surface area contributed by atoms with Gasteiger partial charge in [-0.25, -0.2) is 0 Å². The van der Waals surface area contributed by atoms with Crippen LogP contribution < -0.4 is 4.74 Å². The number of piperidine rings is 1. The first-order valence-corrected chi connectivity index (χ1v) is 11.5. The Morgan fingerprint density at radius 3 is 2.73 bits per heavy atom. The van der Waals surface area contributed by atoms with E-state index in [9.17, 15) is 10.2 Å². The molecule has 0 saturated carbocycles. The Morgan fingerprint density at radius 1 is 1.17 bits per heavy atom. The molecule has 2 aliphatic heterocycles. The highest BCUT2D eigenvalue weighted by Crippen LogP contribution is 2.45.